The smallest absolute Gasteiger partial charge is 0.213 e. The molecule has 3 aromatic rings. The molecule has 1 aliphatic heterocycles. The Hall–Kier alpha value is -2.13. The van der Waals surface area contributed by atoms with E-state index in [1.165, 1.54) is 0 Å². The van der Waals surface area contributed by atoms with Crippen molar-refractivity contribution in [2.75, 3.05) is 7.11 Å². The summed E-state index contributed by atoms with van der Waals surface area (Å²) in [5.74, 6) is 1.17. The molecule has 8 heteroatoms. The Kier molecular flexibility index (Phi) is 5.76. The Morgan fingerprint density at radius 3 is 2.70 bits per heavy atom. The summed E-state index contributed by atoms with van der Waals surface area (Å²) in [4.78, 5) is 1.01. The van der Waals surface area contributed by atoms with Gasteiger partial charge in [0.05, 0.1) is 27.1 Å². The predicted octanol–water partition coefficient (Wildman–Crippen LogP) is 5.19. The van der Waals surface area contributed by atoms with Gasteiger partial charge in [0.1, 0.15) is 11.5 Å². The summed E-state index contributed by atoms with van der Waals surface area (Å²) in [7, 11) is -2.08. The van der Waals surface area contributed by atoms with Crippen LogP contribution in [0.1, 0.15) is 27.7 Å². The van der Waals surface area contributed by atoms with Gasteiger partial charge in [0, 0.05) is 5.56 Å². The summed E-state index contributed by atoms with van der Waals surface area (Å²) in [5.41, 5.74) is 4.21. The molecule has 0 amide bonds. The molecule has 5 nitrogen and oxygen atoms in total. The summed E-state index contributed by atoms with van der Waals surface area (Å²) < 4.78 is 36.7. The van der Waals surface area contributed by atoms with Crippen LogP contribution in [0.2, 0.25) is 0 Å². The number of rotatable bonds is 6. The minimum absolute atomic E-state index is 0.247. The van der Waals surface area contributed by atoms with Crippen LogP contribution in [0, 0.1) is 0 Å². The van der Waals surface area contributed by atoms with Crippen molar-refractivity contribution in [3.63, 3.8) is 0 Å². The van der Waals surface area contributed by atoms with Gasteiger partial charge in [0.15, 0.2) is 6.10 Å². The maximum absolute atomic E-state index is 11.9. The van der Waals surface area contributed by atoms with Crippen LogP contribution in [0.25, 0.3) is 11.1 Å². The molecule has 2 heterocycles. The minimum Gasteiger partial charge on any atom is -0.496 e. The maximum atomic E-state index is 11.9. The molecular formula is C22H20BrNO4S2. The van der Waals surface area contributed by atoms with Gasteiger partial charge >= 0.3 is 0 Å². The van der Waals surface area contributed by atoms with E-state index in [1.807, 2.05) is 42.5 Å². The SMILES string of the molecule is C=CCc1cc2c(cc1CS(N)(=O)=O)C(c1ccc(Br)s1)Oc1cccc(OC)c1-2. The predicted molar refractivity (Wildman–Crippen MR) is 124 cm³/mol. The molecule has 2 N–H and O–H groups in total. The van der Waals surface area contributed by atoms with Crippen molar-refractivity contribution < 1.29 is 17.9 Å². The molecule has 1 atom stereocenters. The summed E-state index contributed by atoms with van der Waals surface area (Å²) in [6, 6.07) is 13.6. The van der Waals surface area contributed by atoms with Crippen molar-refractivity contribution in [3.8, 4) is 22.6 Å². The van der Waals surface area contributed by atoms with Gasteiger partial charge in [0.2, 0.25) is 10.0 Å². The van der Waals surface area contributed by atoms with E-state index in [-0.39, 0.29) is 11.9 Å². The van der Waals surface area contributed by atoms with Gasteiger partial charge in [-0.3, -0.25) is 0 Å². The molecule has 0 aliphatic carbocycles. The number of fused-ring (bicyclic) bond motifs is 3. The molecule has 0 bridgehead atoms. The van der Waals surface area contributed by atoms with Gasteiger partial charge in [-0.2, -0.15) is 0 Å². The Balaban J connectivity index is 2.00. The van der Waals surface area contributed by atoms with Crippen LogP contribution in [0.5, 0.6) is 11.5 Å². The molecule has 1 aromatic heterocycles. The van der Waals surface area contributed by atoms with Crippen LogP contribution in [-0.2, 0) is 22.2 Å². The van der Waals surface area contributed by atoms with Crippen LogP contribution in [0.15, 0.2) is 58.9 Å². The average Bonchev–Trinajstić information content (AvgIpc) is 3.12. The van der Waals surface area contributed by atoms with Crippen molar-refractivity contribution in [1.82, 2.24) is 0 Å². The number of primary sulfonamides is 1. The summed E-state index contributed by atoms with van der Waals surface area (Å²) in [5, 5.41) is 5.37. The van der Waals surface area contributed by atoms with Crippen molar-refractivity contribution in [3.05, 3.63) is 80.5 Å². The fourth-order valence-corrected chi connectivity index (χ4v) is 5.93. The number of allylic oxidation sites excluding steroid dienone is 1. The second-order valence-electron chi connectivity index (χ2n) is 6.98. The first-order valence-corrected chi connectivity index (χ1v) is 12.5. The van der Waals surface area contributed by atoms with Crippen LogP contribution in [0.4, 0.5) is 0 Å². The first-order valence-electron chi connectivity index (χ1n) is 9.17. The minimum atomic E-state index is -3.70. The van der Waals surface area contributed by atoms with Gasteiger partial charge in [-0.15, -0.1) is 17.9 Å². The zero-order valence-electron chi connectivity index (χ0n) is 16.2. The third kappa shape index (κ3) is 4.05. The normalized spacial score (nSPS) is 15.1. The van der Waals surface area contributed by atoms with Crippen LogP contribution in [-0.4, -0.2) is 15.5 Å². The quantitative estimate of drug-likeness (QED) is 0.467. The van der Waals surface area contributed by atoms with E-state index in [9.17, 15) is 8.42 Å². The lowest BCUT2D eigenvalue weighted by atomic mass is 9.87. The zero-order chi connectivity index (χ0) is 21.5. The summed E-state index contributed by atoms with van der Waals surface area (Å²) in [6.45, 7) is 3.82. The average molecular weight is 506 g/mol. The number of sulfonamides is 1. The maximum Gasteiger partial charge on any atom is 0.213 e. The van der Waals surface area contributed by atoms with Crippen LogP contribution in [0.3, 0.4) is 0 Å². The van der Waals surface area contributed by atoms with E-state index >= 15 is 0 Å². The lowest BCUT2D eigenvalue weighted by Crippen LogP contribution is -2.19. The third-order valence-corrected chi connectivity index (χ3v) is 7.33. The highest BCUT2D eigenvalue weighted by molar-refractivity contribution is 9.11. The first-order chi connectivity index (χ1) is 14.3. The topological polar surface area (TPSA) is 78.6 Å². The van der Waals surface area contributed by atoms with Crippen molar-refractivity contribution in [2.24, 2.45) is 5.14 Å². The van der Waals surface area contributed by atoms with Crippen molar-refractivity contribution >= 4 is 37.3 Å². The van der Waals surface area contributed by atoms with Crippen molar-refractivity contribution in [1.29, 1.82) is 0 Å². The molecule has 0 spiro atoms. The molecule has 0 saturated heterocycles. The molecule has 1 unspecified atom stereocenters. The summed E-state index contributed by atoms with van der Waals surface area (Å²) >= 11 is 5.09. The lowest BCUT2D eigenvalue weighted by molar-refractivity contribution is 0.245. The molecule has 1 aliphatic rings. The molecule has 0 saturated carbocycles. The number of ether oxygens (including phenoxy) is 2. The Bertz CT molecular complexity index is 1230. The molecule has 156 valence electrons. The number of benzene rings is 2. The molecule has 4 rings (SSSR count). The van der Waals surface area contributed by atoms with Crippen LogP contribution < -0.4 is 14.6 Å². The molecule has 2 aromatic carbocycles. The first kappa shape index (κ1) is 21.1. The molecule has 30 heavy (non-hydrogen) atoms. The van der Waals surface area contributed by atoms with Gasteiger partial charge in [-0.1, -0.05) is 12.1 Å². The van der Waals surface area contributed by atoms with Gasteiger partial charge < -0.3 is 9.47 Å². The number of thiophene rings is 1. The van der Waals surface area contributed by atoms with E-state index < -0.39 is 10.0 Å². The Labute approximate surface area is 188 Å². The zero-order valence-corrected chi connectivity index (χ0v) is 19.4. The second kappa shape index (κ2) is 8.19. The number of methoxy groups -OCH3 is 1. The highest BCUT2D eigenvalue weighted by Crippen LogP contribution is 2.50. The van der Waals surface area contributed by atoms with E-state index in [2.05, 4.69) is 22.5 Å². The highest BCUT2D eigenvalue weighted by Gasteiger charge is 2.32. The van der Waals surface area contributed by atoms with E-state index in [1.54, 1.807) is 24.5 Å². The fourth-order valence-electron chi connectivity index (χ4n) is 3.75. The number of hydrogen-bond acceptors (Lipinski definition) is 5. The number of halogens is 1. The standard InChI is InChI=1S/C22H20BrNO4S2/c1-3-5-13-10-15-16(11-14(13)12-30(24,25)26)22(19-8-9-20(23)29-19)28-18-7-4-6-17(27-2)21(15)18/h3-4,6-11,22H,1,5,12H2,2H3,(H2,24,25,26). The number of nitrogens with two attached hydrogens (primary N) is 1. The monoisotopic (exact) mass is 505 g/mol. The fraction of sp³-hybridized carbons (Fsp3) is 0.182. The summed E-state index contributed by atoms with van der Waals surface area (Å²) in [6.07, 6.45) is 1.91. The highest BCUT2D eigenvalue weighted by atomic mass is 79.9. The van der Waals surface area contributed by atoms with Gasteiger partial charge in [-0.25, -0.2) is 13.6 Å². The Morgan fingerprint density at radius 2 is 2.07 bits per heavy atom. The Morgan fingerprint density at radius 1 is 1.27 bits per heavy atom. The number of hydrogen-bond donors (Lipinski definition) is 1. The molecule has 0 radical (unpaired) electrons. The largest absolute Gasteiger partial charge is 0.496 e. The van der Waals surface area contributed by atoms with E-state index in [4.69, 9.17) is 14.6 Å². The third-order valence-electron chi connectivity index (χ3n) is 4.95. The van der Waals surface area contributed by atoms with Gasteiger partial charge in [-0.05, 0) is 75.4 Å². The molecular weight excluding hydrogens is 486 g/mol. The van der Waals surface area contributed by atoms with Gasteiger partial charge in [0.25, 0.3) is 0 Å². The van der Waals surface area contributed by atoms with E-state index in [0.29, 0.717) is 17.7 Å². The van der Waals surface area contributed by atoms with Crippen molar-refractivity contribution in [2.45, 2.75) is 18.3 Å². The van der Waals surface area contributed by atoms with E-state index in [0.717, 1.165) is 36.7 Å². The second-order valence-corrected chi connectivity index (χ2v) is 11.1. The molecule has 0 fully saturated rings. The van der Waals surface area contributed by atoms with Crippen LogP contribution >= 0.6 is 27.3 Å². The lowest BCUT2D eigenvalue weighted by Gasteiger charge is -2.30.